The zero-order valence-corrected chi connectivity index (χ0v) is 12.3. The van der Waals surface area contributed by atoms with Gasteiger partial charge in [0.2, 0.25) is 0 Å². The smallest absolute Gasteiger partial charge is 0.0620 e. The predicted molar refractivity (Wildman–Crippen MR) is 77.5 cm³/mol. The van der Waals surface area contributed by atoms with E-state index < -0.39 is 0 Å². The summed E-state index contributed by atoms with van der Waals surface area (Å²) in [6, 6.07) is 2.08. The maximum atomic E-state index is 5.57. The molecule has 0 spiro atoms. The largest absolute Gasteiger partial charge is 0.379 e. The minimum atomic E-state index is 0.563. The Kier molecular flexibility index (Phi) is 4.74. The van der Waals surface area contributed by atoms with Crippen LogP contribution >= 0.6 is 0 Å². The van der Waals surface area contributed by atoms with Crippen molar-refractivity contribution in [3.63, 3.8) is 0 Å². The Hall–Kier alpha value is -0.160. The van der Waals surface area contributed by atoms with Gasteiger partial charge < -0.3 is 10.1 Å². The Labute approximate surface area is 117 Å². The van der Waals surface area contributed by atoms with Crippen molar-refractivity contribution in [3.05, 3.63) is 0 Å². The SMILES string of the molecule is CC(CC1COCCN1)N1CCN2CCCCC2C1. The summed E-state index contributed by atoms with van der Waals surface area (Å²) in [5.74, 6) is 0. The molecule has 110 valence electrons. The number of nitrogens with one attached hydrogen (secondary N) is 1. The minimum absolute atomic E-state index is 0.563. The van der Waals surface area contributed by atoms with Crippen molar-refractivity contribution in [1.82, 2.24) is 15.1 Å². The molecule has 0 aliphatic carbocycles. The molecule has 3 unspecified atom stereocenters. The lowest BCUT2D eigenvalue weighted by Crippen LogP contribution is -2.57. The van der Waals surface area contributed by atoms with Crippen LogP contribution < -0.4 is 5.32 Å². The molecule has 3 heterocycles. The first-order chi connectivity index (χ1) is 9.33. The number of hydrogen-bond acceptors (Lipinski definition) is 4. The van der Waals surface area contributed by atoms with E-state index in [0.29, 0.717) is 12.1 Å². The highest BCUT2D eigenvalue weighted by atomic mass is 16.5. The Morgan fingerprint density at radius 3 is 3.05 bits per heavy atom. The van der Waals surface area contributed by atoms with Crippen LogP contribution in [0.25, 0.3) is 0 Å². The molecule has 3 aliphatic heterocycles. The third kappa shape index (κ3) is 3.48. The van der Waals surface area contributed by atoms with Crippen LogP contribution in [0.3, 0.4) is 0 Å². The zero-order chi connectivity index (χ0) is 13.1. The summed E-state index contributed by atoms with van der Waals surface area (Å²) in [4.78, 5) is 5.43. The van der Waals surface area contributed by atoms with Crippen LogP contribution in [0.5, 0.6) is 0 Å². The maximum Gasteiger partial charge on any atom is 0.0620 e. The van der Waals surface area contributed by atoms with E-state index in [4.69, 9.17) is 4.74 Å². The normalized spacial score (nSPS) is 35.8. The van der Waals surface area contributed by atoms with Gasteiger partial charge in [-0.15, -0.1) is 0 Å². The maximum absolute atomic E-state index is 5.57. The summed E-state index contributed by atoms with van der Waals surface area (Å²) >= 11 is 0. The molecule has 0 aromatic heterocycles. The van der Waals surface area contributed by atoms with Crippen LogP contribution in [-0.4, -0.2) is 73.9 Å². The molecule has 3 rings (SSSR count). The zero-order valence-electron chi connectivity index (χ0n) is 12.3. The number of piperidine rings is 1. The number of ether oxygens (including phenoxy) is 1. The average Bonchev–Trinajstić information content (AvgIpc) is 2.48. The molecular weight excluding hydrogens is 238 g/mol. The molecule has 19 heavy (non-hydrogen) atoms. The molecule has 0 saturated carbocycles. The fourth-order valence-corrected chi connectivity index (χ4v) is 3.91. The molecule has 3 fully saturated rings. The molecule has 0 aromatic rings. The van der Waals surface area contributed by atoms with Crippen LogP contribution in [0.15, 0.2) is 0 Å². The topological polar surface area (TPSA) is 27.7 Å². The lowest BCUT2D eigenvalue weighted by atomic mass is 9.97. The highest BCUT2D eigenvalue weighted by Crippen LogP contribution is 2.23. The summed E-state index contributed by atoms with van der Waals surface area (Å²) in [5.41, 5.74) is 0. The first-order valence-corrected chi connectivity index (χ1v) is 8.12. The number of hydrogen-bond donors (Lipinski definition) is 1. The van der Waals surface area contributed by atoms with Gasteiger partial charge in [0.15, 0.2) is 0 Å². The van der Waals surface area contributed by atoms with Gasteiger partial charge in [-0.05, 0) is 32.7 Å². The molecule has 3 aliphatic rings. The van der Waals surface area contributed by atoms with Crippen LogP contribution in [-0.2, 0) is 4.74 Å². The molecule has 0 bridgehead atoms. The van der Waals surface area contributed by atoms with Crippen molar-refractivity contribution in [2.45, 2.75) is 50.7 Å². The van der Waals surface area contributed by atoms with Gasteiger partial charge in [-0.25, -0.2) is 0 Å². The van der Waals surface area contributed by atoms with Crippen molar-refractivity contribution in [1.29, 1.82) is 0 Å². The number of nitrogens with zero attached hydrogens (tertiary/aromatic N) is 2. The quantitative estimate of drug-likeness (QED) is 0.823. The first kappa shape index (κ1) is 13.8. The van der Waals surface area contributed by atoms with Gasteiger partial charge >= 0.3 is 0 Å². The van der Waals surface area contributed by atoms with Gasteiger partial charge in [0, 0.05) is 44.3 Å². The van der Waals surface area contributed by atoms with Gasteiger partial charge in [0.05, 0.1) is 13.2 Å². The van der Waals surface area contributed by atoms with Gasteiger partial charge in [-0.2, -0.15) is 0 Å². The number of fused-ring (bicyclic) bond motifs is 1. The molecule has 4 nitrogen and oxygen atoms in total. The number of morpholine rings is 1. The van der Waals surface area contributed by atoms with E-state index in [1.54, 1.807) is 0 Å². The van der Waals surface area contributed by atoms with Gasteiger partial charge in [0.25, 0.3) is 0 Å². The second kappa shape index (κ2) is 6.53. The molecule has 0 amide bonds. The summed E-state index contributed by atoms with van der Waals surface area (Å²) in [6.07, 6.45) is 5.48. The first-order valence-electron chi connectivity index (χ1n) is 8.12. The second-order valence-electron chi connectivity index (χ2n) is 6.49. The van der Waals surface area contributed by atoms with Crippen LogP contribution in [0.2, 0.25) is 0 Å². The summed E-state index contributed by atoms with van der Waals surface area (Å²) < 4.78 is 5.57. The van der Waals surface area contributed by atoms with Crippen molar-refractivity contribution < 1.29 is 4.74 Å². The Bertz CT molecular complexity index is 281. The van der Waals surface area contributed by atoms with Crippen LogP contribution in [0.1, 0.15) is 32.6 Å². The molecule has 0 radical (unpaired) electrons. The molecular formula is C15H29N3O. The van der Waals surface area contributed by atoms with Gasteiger partial charge in [-0.3, -0.25) is 9.80 Å². The third-order valence-electron chi connectivity index (χ3n) is 5.12. The minimum Gasteiger partial charge on any atom is -0.379 e. The fourth-order valence-electron chi connectivity index (χ4n) is 3.91. The third-order valence-corrected chi connectivity index (χ3v) is 5.12. The standard InChI is InChI=1S/C15H29N3O/c1-13(10-14-12-19-9-5-16-14)18-8-7-17-6-3-2-4-15(17)11-18/h13-16H,2-12H2,1H3. The Morgan fingerprint density at radius 1 is 1.26 bits per heavy atom. The molecule has 1 N–H and O–H groups in total. The van der Waals surface area contributed by atoms with Crippen molar-refractivity contribution >= 4 is 0 Å². The summed E-state index contributed by atoms with van der Waals surface area (Å²) in [7, 11) is 0. The van der Waals surface area contributed by atoms with E-state index in [1.165, 1.54) is 51.9 Å². The highest BCUT2D eigenvalue weighted by Gasteiger charge is 2.31. The predicted octanol–water partition coefficient (Wildman–Crippen LogP) is 0.924. The summed E-state index contributed by atoms with van der Waals surface area (Å²) in [5, 5.41) is 3.58. The number of piperazine rings is 1. The number of rotatable bonds is 3. The second-order valence-corrected chi connectivity index (χ2v) is 6.49. The van der Waals surface area contributed by atoms with Crippen molar-refractivity contribution in [3.8, 4) is 0 Å². The van der Waals surface area contributed by atoms with E-state index in [0.717, 1.165) is 25.8 Å². The van der Waals surface area contributed by atoms with E-state index in [1.807, 2.05) is 0 Å². The van der Waals surface area contributed by atoms with E-state index >= 15 is 0 Å². The molecule has 3 saturated heterocycles. The van der Waals surface area contributed by atoms with E-state index in [-0.39, 0.29) is 0 Å². The highest BCUT2D eigenvalue weighted by molar-refractivity contribution is 4.88. The molecule has 0 aromatic carbocycles. The van der Waals surface area contributed by atoms with Gasteiger partial charge in [0.1, 0.15) is 0 Å². The lowest BCUT2D eigenvalue weighted by molar-refractivity contribution is 0.0173. The summed E-state index contributed by atoms with van der Waals surface area (Å²) in [6.45, 7) is 10.4. The average molecular weight is 267 g/mol. The van der Waals surface area contributed by atoms with Crippen molar-refractivity contribution in [2.75, 3.05) is 45.9 Å². The fraction of sp³-hybridized carbons (Fsp3) is 1.00. The van der Waals surface area contributed by atoms with Crippen molar-refractivity contribution in [2.24, 2.45) is 0 Å². The monoisotopic (exact) mass is 267 g/mol. The Morgan fingerprint density at radius 2 is 2.21 bits per heavy atom. The Balaban J connectivity index is 1.48. The van der Waals surface area contributed by atoms with E-state index in [2.05, 4.69) is 22.0 Å². The van der Waals surface area contributed by atoms with Crippen LogP contribution in [0.4, 0.5) is 0 Å². The molecule has 4 heteroatoms. The molecule has 3 atom stereocenters. The van der Waals surface area contributed by atoms with Gasteiger partial charge in [-0.1, -0.05) is 6.42 Å². The lowest BCUT2D eigenvalue weighted by Gasteiger charge is -2.46. The van der Waals surface area contributed by atoms with E-state index in [9.17, 15) is 0 Å². The van der Waals surface area contributed by atoms with Crippen LogP contribution in [0, 0.1) is 0 Å².